The van der Waals surface area contributed by atoms with E-state index in [0.717, 1.165) is 12.5 Å². The quantitative estimate of drug-likeness (QED) is 0.616. The average Bonchev–Trinajstić information content (AvgIpc) is 3.39. The van der Waals surface area contributed by atoms with Crippen LogP contribution < -0.4 is 10.6 Å². The maximum atomic E-state index is 4.45. The Morgan fingerprint density at radius 1 is 1.20 bits per heavy atom. The number of nitrogens with one attached hydrogen (secondary N) is 2. The minimum Gasteiger partial charge on any atom is -0.356 e. The van der Waals surface area contributed by atoms with Crippen LogP contribution in [0.4, 0.5) is 0 Å². The van der Waals surface area contributed by atoms with Gasteiger partial charge in [0, 0.05) is 38.8 Å². The summed E-state index contributed by atoms with van der Waals surface area (Å²) < 4.78 is 0. The fraction of sp³-hybridized carbons (Fsp3) is 0.667. The molecule has 4 nitrogen and oxygen atoms in total. The predicted octanol–water partition coefficient (Wildman–Crippen LogP) is 3.05. The number of likely N-dealkylation sites (tertiary alicyclic amines) is 1. The zero-order valence-corrected chi connectivity index (χ0v) is 16.1. The topological polar surface area (TPSA) is 39.7 Å². The minimum absolute atomic E-state index is 0.431. The molecule has 0 unspecified atom stereocenters. The van der Waals surface area contributed by atoms with E-state index in [1.54, 1.807) is 0 Å². The molecule has 3 rings (SSSR count). The van der Waals surface area contributed by atoms with Gasteiger partial charge in [-0.15, -0.1) is 0 Å². The molecule has 0 spiro atoms. The summed E-state index contributed by atoms with van der Waals surface area (Å²) >= 11 is 0. The molecule has 2 N–H and O–H groups in total. The Hall–Kier alpha value is -1.55. The molecule has 0 atom stereocenters. The van der Waals surface area contributed by atoms with Crippen molar-refractivity contribution in [2.45, 2.75) is 58.0 Å². The molecular formula is C21H34N4. The first-order valence-corrected chi connectivity index (χ1v) is 9.85. The Morgan fingerprint density at radius 2 is 1.88 bits per heavy atom. The van der Waals surface area contributed by atoms with Gasteiger partial charge in [0.1, 0.15) is 0 Å². The fourth-order valence-corrected chi connectivity index (χ4v) is 3.84. The standard InChI is InChI=1S/C21H34N4/c1-17(2)25-13-9-19(10-14-25)24-20(22-3)23-16-21(11-12-21)15-18-7-5-4-6-8-18/h4-8,17,19H,9-16H2,1-3H3,(H2,22,23,24). The van der Waals surface area contributed by atoms with Gasteiger partial charge in [0.2, 0.25) is 0 Å². The molecule has 1 aromatic carbocycles. The van der Waals surface area contributed by atoms with Gasteiger partial charge in [-0.25, -0.2) is 0 Å². The van der Waals surface area contributed by atoms with Crippen molar-refractivity contribution in [1.29, 1.82) is 0 Å². The molecule has 0 amide bonds. The van der Waals surface area contributed by atoms with Crippen LogP contribution in [0.5, 0.6) is 0 Å². The molecule has 25 heavy (non-hydrogen) atoms. The van der Waals surface area contributed by atoms with Gasteiger partial charge in [-0.05, 0) is 56.9 Å². The van der Waals surface area contributed by atoms with Gasteiger partial charge in [0.05, 0.1) is 0 Å². The van der Waals surface area contributed by atoms with E-state index < -0.39 is 0 Å². The second-order valence-corrected chi connectivity index (χ2v) is 8.14. The molecule has 1 saturated heterocycles. The first-order chi connectivity index (χ1) is 12.1. The van der Waals surface area contributed by atoms with E-state index in [-0.39, 0.29) is 0 Å². The molecule has 1 aromatic rings. The molecule has 0 bridgehead atoms. The van der Waals surface area contributed by atoms with Crippen LogP contribution in [0.2, 0.25) is 0 Å². The van der Waals surface area contributed by atoms with Crippen LogP contribution in [0, 0.1) is 5.41 Å². The van der Waals surface area contributed by atoms with Crippen LogP contribution in [0.3, 0.4) is 0 Å². The van der Waals surface area contributed by atoms with Crippen molar-refractivity contribution in [3.63, 3.8) is 0 Å². The van der Waals surface area contributed by atoms with Crippen molar-refractivity contribution < 1.29 is 0 Å². The van der Waals surface area contributed by atoms with Crippen molar-refractivity contribution in [2.24, 2.45) is 10.4 Å². The Kier molecular flexibility index (Phi) is 6.00. The van der Waals surface area contributed by atoms with Crippen molar-refractivity contribution in [3.05, 3.63) is 35.9 Å². The number of hydrogen-bond donors (Lipinski definition) is 2. The zero-order valence-electron chi connectivity index (χ0n) is 16.1. The SMILES string of the molecule is CN=C(NCC1(Cc2ccccc2)CC1)NC1CCN(C(C)C)CC1. The van der Waals surface area contributed by atoms with E-state index in [0.29, 0.717) is 17.5 Å². The van der Waals surface area contributed by atoms with E-state index in [4.69, 9.17) is 0 Å². The van der Waals surface area contributed by atoms with Gasteiger partial charge in [-0.3, -0.25) is 4.99 Å². The number of benzene rings is 1. The molecule has 4 heteroatoms. The molecule has 1 heterocycles. The molecule has 1 aliphatic heterocycles. The Bertz CT molecular complexity index is 555. The lowest BCUT2D eigenvalue weighted by Gasteiger charge is -2.35. The molecule has 0 radical (unpaired) electrons. The van der Waals surface area contributed by atoms with Crippen LogP contribution in [-0.4, -0.2) is 49.6 Å². The highest BCUT2D eigenvalue weighted by atomic mass is 15.2. The number of hydrogen-bond acceptors (Lipinski definition) is 2. The number of aliphatic imine (C=N–C) groups is 1. The van der Waals surface area contributed by atoms with Gasteiger partial charge < -0.3 is 15.5 Å². The van der Waals surface area contributed by atoms with Crippen LogP contribution in [0.1, 0.15) is 45.1 Å². The molecule has 2 fully saturated rings. The smallest absolute Gasteiger partial charge is 0.191 e. The third kappa shape index (κ3) is 5.21. The first kappa shape index (κ1) is 18.2. The Labute approximate surface area is 153 Å². The second-order valence-electron chi connectivity index (χ2n) is 8.14. The summed E-state index contributed by atoms with van der Waals surface area (Å²) in [5, 5.41) is 7.24. The summed E-state index contributed by atoms with van der Waals surface area (Å²) in [5.41, 5.74) is 1.88. The monoisotopic (exact) mass is 342 g/mol. The van der Waals surface area contributed by atoms with Gasteiger partial charge in [-0.1, -0.05) is 30.3 Å². The van der Waals surface area contributed by atoms with E-state index >= 15 is 0 Å². The van der Waals surface area contributed by atoms with Gasteiger partial charge in [0.15, 0.2) is 5.96 Å². The third-order valence-electron chi connectivity index (χ3n) is 5.83. The van der Waals surface area contributed by atoms with E-state index in [9.17, 15) is 0 Å². The molecular weight excluding hydrogens is 308 g/mol. The maximum absolute atomic E-state index is 4.45. The molecule has 0 aromatic heterocycles. The Balaban J connectivity index is 1.44. The van der Waals surface area contributed by atoms with Crippen LogP contribution >= 0.6 is 0 Å². The van der Waals surface area contributed by atoms with Gasteiger partial charge in [0.25, 0.3) is 0 Å². The van der Waals surface area contributed by atoms with E-state index in [2.05, 4.69) is 64.7 Å². The molecule has 1 aliphatic carbocycles. The maximum Gasteiger partial charge on any atom is 0.191 e. The normalized spacial score (nSPS) is 21.4. The first-order valence-electron chi connectivity index (χ1n) is 9.85. The zero-order chi connectivity index (χ0) is 17.7. The lowest BCUT2D eigenvalue weighted by atomic mass is 9.96. The summed E-state index contributed by atoms with van der Waals surface area (Å²) in [7, 11) is 1.88. The second kappa shape index (κ2) is 8.22. The lowest BCUT2D eigenvalue weighted by Crippen LogP contribution is -2.50. The predicted molar refractivity (Wildman–Crippen MR) is 106 cm³/mol. The molecule has 1 saturated carbocycles. The highest BCUT2D eigenvalue weighted by Gasteiger charge is 2.42. The largest absolute Gasteiger partial charge is 0.356 e. The Morgan fingerprint density at radius 3 is 2.44 bits per heavy atom. The van der Waals surface area contributed by atoms with Crippen molar-refractivity contribution in [2.75, 3.05) is 26.7 Å². The third-order valence-corrected chi connectivity index (χ3v) is 5.83. The molecule has 138 valence electrons. The summed E-state index contributed by atoms with van der Waals surface area (Å²) in [6, 6.07) is 12.1. The minimum atomic E-state index is 0.431. The lowest BCUT2D eigenvalue weighted by molar-refractivity contribution is 0.167. The number of rotatable bonds is 6. The highest BCUT2D eigenvalue weighted by Crippen LogP contribution is 2.47. The summed E-state index contributed by atoms with van der Waals surface area (Å²) in [5.74, 6) is 0.974. The van der Waals surface area contributed by atoms with Gasteiger partial charge in [-0.2, -0.15) is 0 Å². The van der Waals surface area contributed by atoms with Crippen LogP contribution in [-0.2, 0) is 6.42 Å². The van der Waals surface area contributed by atoms with Crippen molar-refractivity contribution in [1.82, 2.24) is 15.5 Å². The fourth-order valence-electron chi connectivity index (χ4n) is 3.84. The summed E-state index contributed by atoms with van der Waals surface area (Å²) in [6.45, 7) is 7.97. The number of piperidine rings is 1. The number of guanidine groups is 1. The highest BCUT2D eigenvalue weighted by molar-refractivity contribution is 5.80. The van der Waals surface area contributed by atoms with Crippen LogP contribution in [0.15, 0.2) is 35.3 Å². The van der Waals surface area contributed by atoms with Gasteiger partial charge >= 0.3 is 0 Å². The summed E-state index contributed by atoms with van der Waals surface area (Å²) in [6.07, 6.45) is 6.21. The average molecular weight is 343 g/mol. The number of nitrogens with zero attached hydrogens (tertiary/aromatic N) is 2. The van der Waals surface area contributed by atoms with E-state index in [1.807, 2.05) is 7.05 Å². The van der Waals surface area contributed by atoms with Crippen LogP contribution in [0.25, 0.3) is 0 Å². The molecule has 2 aliphatic rings. The van der Waals surface area contributed by atoms with Crippen molar-refractivity contribution >= 4 is 5.96 Å². The van der Waals surface area contributed by atoms with Crippen molar-refractivity contribution in [3.8, 4) is 0 Å². The summed E-state index contributed by atoms with van der Waals surface area (Å²) in [4.78, 5) is 7.02. The van der Waals surface area contributed by atoms with E-state index in [1.165, 1.54) is 50.8 Å².